The van der Waals surface area contributed by atoms with E-state index >= 15 is 0 Å². The predicted octanol–water partition coefficient (Wildman–Crippen LogP) is 3.79. The Morgan fingerprint density at radius 2 is 1.94 bits per heavy atom. The minimum Gasteiger partial charge on any atom is -0.421 e. The van der Waals surface area contributed by atoms with Gasteiger partial charge in [0.05, 0.1) is 10.5 Å². The lowest BCUT2D eigenvalue weighted by atomic mass is 10.2. The Bertz CT molecular complexity index is 589. The van der Waals surface area contributed by atoms with E-state index in [1.165, 1.54) is 0 Å². The Labute approximate surface area is 106 Å². The number of hydrogen-bond acceptors (Lipinski definition) is 4. The molecular formula is C13H8O2S2. The van der Waals surface area contributed by atoms with Crippen LogP contribution in [0.25, 0.3) is 11.8 Å². The van der Waals surface area contributed by atoms with E-state index < -0.39 is 0 Å². The van der Waals surface area contributed by atoms with Gasteiger partial charge in [0.2, 0.25) is 0 Å². The quantitative estimate of drug-likeness (QED) is 0.606. The van der Waals surface area contributed by atoms with Gasteiger partial charge in [0, 0.05) is 4.88 Å². The number of esters is 1. The van der Waals surface area contributed by atoms with Gasteiger partial charge in [-0.25, -0.2) is 4.79 Å². The minimum atomic E-state index is -0.276. The van der Waals surface area contributed by atoms with Crippen molar-refractivity contribution in [2.75, 3.05) is 0 Å². The highest BCUT2D eigenvalue weighted by atomic mass is 32.1. The summed E-state index contributed by atoms with van der Waals surface area (Å²) in [6.07, 6.45) is 3.65. The van der Waals surface area contributed by atoms with Crippen LogP contribution in [0.4, 0.5) is 0 Å². The largest absolute Gasteiger partial charge is 0.421 e. The maximum Gasteiger partial charge on any atom is 0.343 e. The number of rotatable bonds is 2. The summed E-state index contributed by atoms with van der Waals surface area (Å²) in [5.41, 5.74) is 0.607. The van der Waals surface area contributed by atoms with Gasteiger partial charge in [-0.2, -0.15) is 0 Å². The van der Waals surface area contributed by atoms with E-state index in [2.05, 4.69) is 0 Å². The second kappa shape index (κ2) is 4.31. The maximum atomic E-state index is 11.7. The van der Waals surface area contributed by atoms with Gasteiger partial charge in [-0.3, -0.25) is 0 Å². The number of carbonyl (C=O) groups excluding carboxylic acids is 1. The fourth-order valence-electron chi connectivity index (χ4n) is 1.56. The normalized spacial score (nSPS) is 17.3. The molecule has 0 radical (unpaired) electrons. The molecule has 0 unspecified atom stereocenters. The second-order valence-corrected chi connectivity index (χ2v) is 5.42. The topological polar surface area (TPSA) is 26.3 Å². The Kier molecular flexibility index (Phi) is 2.66. The number of ether oxygens (including phenoxy) is 1. The summed E-state index contributed by atoms with van der Waals surface area (Å²) in [4.78, 5) is 13.7. The lowest BCUT2D eigenvalue weighted by Crippen LogP contribution is -1.96. The van der Waals surface area contributed by atoms with Gasteiger partial charge in [0.15, 0.2) is 0 Å². The van der Waals surface area contributed by atoms with Crippen LogP contribution in [0.3, 0.4) is 0 Å². The van der Waals surface area contributed by atoms with E-state index in [1.807, 2.05) is 41.1 Å². The monoisotopic (exact) mass is 260 g/mol. The molecule has 3 heterocycles. The molecule has 2 aromatic heterocycles. The molecule has 84 valence electrons. The van der Waals surface area contributed by atoms with Crippen molar-refractivity contribution in [2.45, 2.75) is 0 Å². The molecule has 0 amide bonds. The molecule has 2 aromatic rings. The molecule has 0 N–H and O–H groups in total. The van der Waals surface area contributed by atoms with Gasteiger partial charge in [-0.1, -0.05) is 12.1 Å². The second-order valence-electron chi connectivity index (χ2n) is 3.49. The van der Waals surface area contributed by atoms with E-state index in [9.17, 15) is 4.79 Å². The summed E-state index contributed by atoms with van der Waals surface area (Å²) in [7, 11) is 0. The fourth-order valence-corrected chi connectivity index (χ4v) is 2.90. The van der Waals surface area contributed by atoms with Crippen LogP contribution in [-0.2, 0) is 9.53 Å². The first kappa shape index (κ1) is 10.5. The van der Waals surface area contributed by atoms with Crippen LogP contribution in [0.5, 0.6) is 0 Å². The molecule has 0 saturated heterocycles. The zero-order valence-electron chi connectivity index (χ0n) is 8.75. The molecule has 0 atom stereocenters. The molecule has 1 aliphatic rings. The van der Waals surface area contributed by atoms with Crippen molar-refractivity contribution in [2.24, 2.45) is 0 Å². The molecule has 2 nitrogen and oxygen atoms in total. The highest BCUT2D eigenvalue weighted by Gasteiger charge is 2.22. The maximum absolute atomic E-state index is 11.7. The van der Waals surface area contributed by atoms with E-state index in [4.69, 9.17) is 4.74 Å². The highest BCUT2D eigenvalue weighted by Crippen LogP contribution is 2.30. The lowest BCUT2D eigenvalue weighted by molar-refractivity contribution is -0.130. The van der Waals surface area contributed by atoms with Crippen LogP contribution < -0.4 is 0 Å². The summed E-state index contributed by atoms with van der Waals surface area (Å²) < 4.78 is 5.24. The van der Waals surface area contributed by atoms with Crippen LogP contribution in [-0.4, -0.2) is 5.97 Å². The zero-order valence-corrected chi connectivity index (χ0v) is 10.4. The molecule has 0 saturated carbocycles. The Morgan fingerprint density at radius 1 is 1.12 bits per heavy atom. The molecule has 0 aliphatic carbocycles. The lowest BCUT2D eigenvalue weighted by Gasteiger charge is -1.95. The van der Waals surface area contributed by atoms with E-state index in [0.29, 0.717) is 11.3 Å². The molecule has 0 bridgehead atoms. The van der Waals surface area contributed by atoms with Gasteiger partial charge in [-0.05, 0) is 35.0 Å². The Morgan fingerprint density at radius 3 is 2.65 bits per heavy atom. The Hall–Kier alpha value is -1.65. The standard InChI is InChI=1S/C13H8O2S2/c14-13-9(7-10-3-1-5-16-10)8-11(15-13)12-4-2-6-17-12/h1-8H. The molecule has 3 rings (SSSR count). The van der Waals surface area contributed by atoms with Crippen molar-refractivity contribution in [3.05, 3.63) is 56.4 Å². The Balaban J connectivity index is 1.95. The van der Waals surface area contributed by atoms with E-state index in [1.54, 1.807) is 28.7 Å². The first-order valence-electron chi connectivity index (χ1n) is 5.06. The first-order chi connectivity index (χ1) is 8.33. The van der Waals surface area contributed by atoms with Gasteiger partial charge < -0.3 is 4.74 Å². The van der Waals surface area contributed by atoms with Crippen molar-refractivity contribution >= 4 is 40.5 Å². The summed E-state index contributed by atoms with van der Waals surface area (Å²) in [6.45, 7) is 0. The molecule has 0 aromatic carbocycles. The average Bonchev–Trinajstić information content (AvgIpc) is 3.02. The third-order valence-corrected chi connectivity index (χ3v) is 4.03. The van der Waals surface area contributed by atoms with E-state index in [0.717, 1.165) is 9.75 Å². The number of thiophene rings is 2. The molecule has 0 spiro atoms. The minimum absolute atomic E-state index is 0.276. The summed E-state index contributed by atoms with van der Waals surface area (Å²) in [5.74, 6) is 0.370. The summed E-state index contributed by atoms with van der Waals surface area (Å²) in [5, 5.41) is 3.95. The number of carbonyl (C=O) groups is 1. The number of cyclic esters (lactones) is 1. The SMILES string of the molecule is O=C1OC(c2cccs2)=CC1=Cc1cccs1. The van der Waals surface area contributed by atoms with Crippen LogP contribution in [0.15, 0.2) is 46.7 Å². The molecule has 17 heavy (non-hydrogen) atoms. The van der Waals surface area contributed by atoms with Crippen molar-refractivity contribution in [1.29, 1.82) is 0 Å². The zero-order chi connectivity index (χ0) is 11.7. The first-order valence-corrected chi connectivity index (χ1v) is 6.82. The van der Waals surface area contributed by atoms with Crippen LogP contribution in [0.2, 0.25) is 0 Å². The van der Waals surface area contributed by atoms with Gasteiger partial charge in [-0.15, -0.1) is 22.7 Å². The molecule has 0 fully saturated rings. The third-order valence-electron chi connectivity index (χ3n) is 2.33. The summed E-state index contributed by atoms with van der Waals surface area (Å²) in [6, 6.07) is 7.82. The smallest absolute Gasteiger partial charge is 0.343 e. The van der Waals surface area contributed by atoms with Gasteiger partial charge >= 0.3 is 5.97 Å². The highest BCUT2D eigenvalue weighted by molar-refractivity contribution is 7.11. The van der Waals surface area contributed by atoms with Crippen molar-refractivity contribution in [3.8, 4) is 0 Å². The molecule has 1 aliphatic heterocycles. The van der Waals surface area contributed by atoms with Crippen molar-refractivity contribution < 1.29 is 9.53 Å². The van der Waals surface area contributed by atoms with Crippen LogP contribution >= 0.6 is 22.7 Å². The molecule has 4 heteroatoms. The third kappa shape index (κ3) is 2.09. The fraction of sp³-hybridized carbons (Fsp3) is 0. The van der Waals surface area contributed by atoms with Crippen LogP contribution in [0, 0.1) is 0 Å². The van der Waals surface area contributed by atoms with Crippen LogP contribution in [0.1, 0.15) is 9.75 Å². The van der Waals surface area contributed by atoms with Gasteiger partial charge in [0.1, 0.15) is 5.76 Å². The van der Waals surface area contributed by atoms with E-state index in [-0.39, 0.29) is 5.97 Å². The van der Waals surface area contributed by atoms with Gasteiger partial charge in [0.25, 0.3) is 0 Å². The number of hydrogen-bond donors (Lipinski definition) is 0. The predicted molar refractivity (Wildman–Crippen MR) is 70.7 cm³/mol. The van der Waals surface area contributed by atoms with Crippen molar-refractivity contribution in [3.63, 3.8) is 0 Å². The molecular weight excluding hydrogens is 252 g/mol. The van der Waals surface area contributed by atoms with Crippen molar-refractivity contribution in [1.82, 2.24) is 0 Å². The average molecular weight is 260 g/mol. The summed E-state index contributed by atoms with van der Waals surface area (Å²) >= 11 is 3.16.